The van der Waals surface area contributed by atoms with Crippen molar-refractivity contribution in [2.45, 2.75) is 31.6 Å². The third kappa shape index (κ3) is 2.70. The quantitative estimate of drug-likeness (QED) is 0.863. The summed E-state index contributed by atoms with van der Waals surface area (Å²) in [5.74, 6) is 0.669. The van der Waals surface area contributed by atoms with Gasteiger partial charge in [-0.15, -0.1) is 0 Å². The molecule has 1 N–H and O–H groups in total. The SMILES string of the molecule is COCC(C)(C)c1ccccc1C1CCNC1. The van der Waals surface area contributed by atoms with Crippen LogP contribution in [0, 0.1) is 0 Å². The van der Waals surface area contributed by atoms with E-state index in [-0.39, 0.29) is 5.41 Å². The topological polar surface area (TPSA) is 21.3 Å². The van der Waals surface area contributed by atoms with Gasteiger partial charge in [-0.1, -0.05) is 38.1 Å². The lowest BCUT2D eigenvalue weighted by molar-refractivity contribution is 0.146. The molecule has 0 amide bonds. The van der Waals surface area contributed by atoms with Gasteiger partial charge in [0.15, 0.2) is 0 Å². The molecule has 94 valence electrons. The molecular weight excluding hydrogens is 210 g/mol. The van der Waals surface area contributed by atoms with Crippen molar-refractivity contribution < 1.29 is 4.74 Å². The monoisotopic (exact) mass is 233 g/mol. The van der Waals surface area contributed by atoms with E-state index in [1.807, 2.05) is 0 Å². The second-order valence-corrected chi connectivity index (χ2v) is 5.59. The standard InChI is InChI=1S/C15H23NO/c1-15(2,11-17-3)14-7-5-4-6-13(14)12-8-9-16-10-12/h4-7,12,16H,8-11H2,1-3H3. The lowest BCUT2D eigenvalue weighted by Crippen LogP contribution is -2.26. The highest BCUT2D eigenvalue weighted by molar-refractivity contribution is 5.37. The zero-order chi connectivity index (χ0) is 12.3. The molecule has 1 aromatic rings. The maximum atomic E-state index is 5.36. The van der Waals surface area contributed by atoms with E-state index < -0.39 is 0 Å². The minimum Gasteiger partial charge on any atom is -0.384 e. The van der Waals surface area contributed by atoms with E-state index in [2.05, 4.69) is 43.4 Å². The molecular formula is C15H23NO. The average molecular weight is 233 g/mol. The first-order valence-corrected chi connectivity index (χ1v) is 6.44. The molecule has 0 bridgehead atoms. The van der Waals surface area contributed by atoms with Crippen LogP contribution in [-0.2, 0) is 10.2 Å². The van der Waals surface area contributed by atoms with E-state index in [9.17, 15) is 0 Å². The summed E-state index contributed by atoms with van der Waals surface area (Å²) in [6, 6.07) is 8.83. The Labute approximate surface area is 104 Å². The molecule has 0 spiro atoms. The molecule has 1 fully saturated rings. The molecule has 0 aliphatic carbocycles. The first-order chi connectivity index (χ1) is 8.15. The smallest absolute Gasteiger partial charge is 0.0553 e. The Morgan fingerprint density at radius 1 is 1.35 bits per heavy atom. The fourth-order valence-electron chi connectivity index (χ4n) is 2.83. The van der Waals surface area contributed by atoms with E-state index in [4.69, 9.17) is 4.74 Å². The number of ether oxygens (including phenoxy) is 1. The van der Waals surface area contributed by atoms with Crippen LogP contribution < -0.4 is 5.32 Å². The maximum absolute atomic E-state index is 5.36. The zero-order valence-corrected chi connectivity index (χ0v) is 11.1. The second kappa shape index (κ2) is 5.19. The van der Waals surface area contributed by atoms with Crippen LogP contribution in [0.5, 0.6) is 0 Å². The van der Waals surface area contributed by atoms with Crippen molar-refractivity contribution in [3.8, 4) is 0 Å². The highest BCUT2D eigenvalue weighted by Crippen LogP contribution is 2.33. The minimum atomic E-state index is 0.0912. The summed E-state index contributed by atoms with van der Waals surface area (Å²) in [6.07, 6.45) is 1.25. The van der Waals surface area contributed by atoms with Gasteiger partial charge in [-0.05, 0) is 30.0 Å². The van der Waals surface area contributed by atoms with E-state index in [0.29, 0.717) is 5.92 Å². The van der Waals surface area contributed by atoms with Gasteiger partial charge in [0.25, 0.3) is 0 Å². The fourth-order valence-corrected chi connectivity index (χ4v) is 2.83. The van der Waals surface area contributed by atoms with Crippen LogP contribution in [0.2, 0.25) is 0 Å². The molecule has 1 aliphatic rings. The first kappa shape index (κ1) is 12.6. The predicted molar refractivity (Wildman–Crippen MR) is 71.6 cm³/mol. The third-order valence-corrected chi connectivity index (χ3v) is 3.70. The molecule has 0 radical (unpaired) electrons. The molecule has 0 saturated carbocycles. The lowest BCUT2D eigenvalue weighted by atomic mass is 9.79. The summed E-state index contributed by atoms with van der Waals surface area (Å²) in [5, 5.41) is 3.45. The van der Waals surface area contributed by atoms with Crippen LogP contribution >= 0.6 is 0 Å². The molecule has 2 heteroatoms. The Morgan fingerprint density at radius 3 is 2.76 bits per heavy atom. The lowest BCUT2D eigenvalue weighted by Gasteiger charge is -2.28. The Bertz CT molecular complexity index is 367. The molecule has 2 nitrogen and oxygen atoms in total. The van der Waals surface area contributed by atoms with Crippen LogP contribution in [0.25, 0.3) is 0 Å². The van der Waals surface area contributed by atoms with Crippen LogP contribution in [0.3, 0.4) is 0 Å². The summed E-state index contributed by atoms with van der Waals surface area (Å²) in [7, 11) is 1.78. The van der Waals surface area contributed by atoms with Gasteiger partial charge in [0, 0.05) is 19.1 Å². The van der Waals surface area contributed by atoms with Gasteiger partial charge in [0.2, 0.25) is 0 Å². The largest absolute Gasteiger partial charge is 0.384 e. The molecule has 1 heterocycles. The summed E-state index contributed by atoms with van der Waals surface area (Å²) < 4.78 is 5.36. The molecule has 2 rings (SSSR count). The Kier molecular flexibility index (Phi) is 3.85. The Hall–Kier alpha value is -0.860. The number of nitrogens with one attached hydrogen (secondary N) is 1. The van der Waals surface area contributed by atoms with Gasteiger partial charge in [-0.3, -0.25) is 0 Å². The Balaban J connectivity index is 2.32. The minimum absolute atomic E-state index is 0.0912. The highest BCUT2D eigenvalue weighted by Gasteiger charge is 2.27. The zero-order valence-electron chi connectivity index (χ0n) is 11.1. The number of benzene rings is 1. The first-order valence-electron chi connectivity index (χ1n) is 6.44. The van der Waals surface area contributed by atoms with Crippen molar-refractivity contribution in [3.63, 3.8) is 0 Å². The summed E-state index contributed by atoms with van der Waals surface area (Å²) in [6.45, 7) is 7.55. The predicted octanol–water partition coefficient (Wildman–Crippen LogP) is 2.69. The van der Waals surface area contributed by atoms with Crippen LogP contribution in [0.15, 0.2) is 24.3 Å². The summed E-state index contributed by atoms with van der Waals surface area (Å²) in [4.78, 5) is 0. The molecule has 0 aromatic heterocycles. The van der Waals surface area contributed by atoms with Crippen molar-refractivity contribution in [3.05, 3.63) is 35.4 Å². The number of methoxy groups -OCH3 is 1. The van der Waals surface area contributed by atoms with Crippen LogP contribution in [0.1, 0.15) is 37.3 Å². The van der Waals surface area contributed by atoms with Crippen LogP contribution in [0.4, 0.5) is 0 Å². The average Bonchev–Trinajstić information content (AvgIpc) is 2.82. The molecule has 1 aliphatic heterocycles. The normalized spacial score (nSPS) is 20.8. The second-order valence-electron chi connectivity index (χ2n) is 5.59. The van der Waals surface area contributed by atoms with Crippen molar-refractivity contribution in [1.29, 1.82) is 0 Å². The third-order valence-electron chi connectivity index (χ3n) is 3.70. The van der Waals surface area contributed by atoms with E-state index in [1.165, 1.54) is 17.5 Å². The number of hydrogen-bond acceptors (Lipinski definition) is 2. The van der Waals surface area contributed by atoms with E-state index in [0.717, 1.165) is 19.7 Å². The van der Waals surface area contributed by atoms with Gasteiger partial charge in [-0.2, -0.15) is 0 Å². The maximum Gasteiger partial charge on any atom is 0.0553 e. The van der Waals surface area contributed by atoms with Gasteiger partial charge >= 0.3 is 0 Å². The van der Waals surface area contributed by atoms with Gasteiger partial charge in [0.1, 0.15) is 0 Å². The van der Waals surface area contributed by atoms with E-state index in [1.54, 1.807) is 7.11 Å². The molecule has 1 unspecified atom stereocenters. The van der Waals surface area contributed by atoms with Crippen LogP contribution in [-0.4, -0.2) is 26.8 Å². The number of hydrogen-bond donors (Lipinski definition) is 1. The summed E-state index contributed by atoms with van der Waals surface area (Å²) in [5.41, 5.74) is 3.03. The van der Waals surface area contributed by atoms with Gasteiger partial charge in [-0.25, -0.2) is 0 Å². The van der Waals surface area contributed by atoms with Gasteiger partial charge in [0.05, 0.1) is 6.61 Å². The number of rotatable bonds is 4. The molecule has 1 atom stereocenters. The Morgan fingerprint density at radius 2 is 2.12 bits per heavy atom. The van der Waals surface area contributed by atoms with Crippen molar-refractivity contribution in [1.82, 2.24) is 5.32 Å². The van der Waals surface area contributed by atoms with E-state index >= 15 is 0 Å². The highest BCUT2D eigenvalue weighted by atomic mass is 16.5. The molecule has 1 aromatic carbocycles. The summed E-state index contributed by atoms with van der Waals surface area (Å²) >= 11 is 0. The molecule has 17 heavy (non-hydrogen) atoms. The van der Waals surface area contributed by atoms with Crippen molar-refractivity contribution >= 4 is 0 Å². The van der Waals surface area contributed by atoms with Crippen molar-refractivity contribution in [2.75, 3.05) is 26.8 Å². The molecule has 1 saturated heterocycles. The van der Waals surface area contributed by atoms with Gasteiger partial charge < -0.3 is 10.1 Å². The fraction of sp³-hybridized carbons (Fsp3) is 0.600. The van der Waals surface area contributed by atoms with Crippen molar-refractivity contribution in [2.24, 2.45) is 0 Å².